The van der Waals surface area contributed by atoms with Crippen LogP contribution in [0.3, 0.4) is 0 Å². The number of carbonyl (C=O) groups is 1. The van der Waals surface area contributed by atoms with Crippen molar-refractivity contribution in [2.75, 3.05) is 23.0 Å². The number of fused-ring (bicyclic) bond motifs is 1. The van der Waals surface area contributed by atoms with E-state index in [0.717, 1.165) is 0 Å². The number of nitrogens with one attached hydrogen (secondary N) is 3. The number of nitrogens with zero attached hydrogens (tertiary/aromatic N) is 3. The van der Waals surface area contributed by atoms with Crippen LogP contribution in [0.5, 0.6) is 0 Å². The minimum atomic E-state index is -0.725. The number of benzene rings is 2. The zero-order valence-corrected chi connectivity index (χ0v) is 19.8. The summed E-state index contributed by atoms with van der Waals surface area (Å²) in [5.74, 6) is -0.279. The van der Waals surface area contributed by atoms with E-state index in [9.17, 15) is 14.0 Å². The van der Waals surface area contributed by atoms with E-state index >= 15 is 0 Å². The number of aromatic nitrogens is 3. The van der Waals surface area contributed by atoms with E-state index in [1.807, 2.05) is 0 Å². The van der Waals surface area contributed by atoms with Crippen molar-refractivity contribution in [3.8, 4) is 11.1 Å². The summed E-state index contributed by atoms with van der Waals surface area (Å²) in [4.78, 5) is 34.2. The molecule has 3 N–H and O–H groups in total. The molecule has 8 nitrogen and oxygen atoms in total. The fourth-order valence-corrected chi connectivity index (χ4v) is 3.84. The zero-order chi connectivity index (χ0) is 24.6. The second-order valence-corrected chi connectivity index (χ2v) is 8.26. The molecule has 0 aliphatic carbocycles. The third kappa shape index (κ3) is 4.40. The van der Waals surface area contributed by atoms with Gasteiger partial charge in [-0.15, -0.1) is 0 Å². The summed E-state index contributed by atoms with van der Waals surface area (Å²) in [6.45, 7) is 1.68. The molecule has 174 valence electrons. The third-order valence-electron chi connectivity index (χ3n) is 5.22. The quantitative estimate of drug-likeness (QED) is 0.346. The molecule has 0 spiro atoms. The number of halogens is 3. The average Bonchev–Trinajstić information content (AvgIpc) is 2.81. The maximum atomic E-state index is 14.7. The van der Waals surface area contributed by atoms with Gasteiger partial charge in [0, 0.05) is 31.2 Å². The number of pyridine rings is 1. The Morgan fingerprint density at radius 1 is 1.09 bits per heavy atom. The first-order valence-electron chi connectivity index (χ1n) is 10.1. The highest BCUT2D eigenvalue weighted by Crippen LogP contribution is 2.31. The van der Waals surface area contributed by atoms with Crippen LogP contribution in [0.15, 0.2) is 47.4 Å². The van der Waals surface area contributed by atoms with E-state index in [4.69, 9.17) is 23.2 Å². The summed E-state index contributed by atoms with van der Waals surface area (Å²) in [5.41, 5.74) is 1.56. The molecule has 34 heavy (non-hydrogen) atoms. The van der Waals surface area contributed by atoms with Gasteiger partial charge < -0.3 is 16.0 Å². The summed E-state index contributed by atoms with van der Waals surface area (Å²) < 4.78 is 16.1. The Kier molecular flexibility index (Phi) is 6.41. The van der Waals surface area contributed by atoms with Crippen LogP contribution in [0.1, 0.15) is 5.56 Å². The highest BCUT2D eigenvalue weighted by atomic mass is 35.5. The van der Waals surface area contributed by atoms with Gasteiger partial charge in [0.2, 0.25) is 5.95 Å². The van der Waals surface area contributed by atoms with Gasteiger partial charge in [0.05, 0.1) is 21.4 Å². The van der Waals surface area contributed by atoms with Crippen molar-refractivity contribution in [1.29, 1.82) is 0 Å². The molecule has 2 heterocycles. The Labute approximate surface area is 203 Å². The number of hydrogen-bond donors (Lipinski definition) is 3. The van der Waals surface area contributed by atoms with E-state index in [0.29, 0.717) is 33.7 Å². The lowest BCUT2D eigenvalue weighted by atomic mass is 9.99. The number of anilines is 3. The van der Waals surface area contributed by atoms with Gasteiger partial charge in [0.25, 0.3) is 5.56 Å². The van der Waals surface area contributed by atoms with Crippen molar-refractivity contribution in [2.24, 2.45) is 7.05 Å². The first-order chi connectivity index (χ1) is 16.2. The van der Waals surface area contributed by atoms with Crippen LogP contribution >= 0.6 is 23.2 Å². The molecule has 0 aliphatic heterocycles. The lowest BCUT2D eigenvalue weighted by molar-refractivity contribution is 0.262. The van der Waals surface area contributed by atoms with Gasteiger partial charge in [-0.3, -0.25) is 9.36 Å². The predicted octanol–water partition coefficient (Wildman–Crippen LogP) is 5.44. The molecule has 0 bridgehead atoms. The van der Waals surface area contributed by atoms with E-state index < -0.39 is 11.8 Å². The maximum Gasteiger partial charge on any atom is 0.323 e. The minimum Gasteiger partial charge on any atom is -0.357 e. The number of carbonyl (C=O) groups excluding carboxylic acids is 1. The second kappa shape index (κ2) is 9.28. The van der Waals surface area contributed by atoms with Crippen LogP contribution in [0.2, 0.25) is 10.0 Å². The average molecular weight is 501 g/mol. The Balaban J connectivity index is 1.73. The van der Waals surface area contributed by atoms with Crippen LogP contribution in [-0.2, 0) is 7.05 Å². The molecule has 2 aromatic heterocycles. The van der Waals surface area contributed by atoms with Crippen LogP contribution in [0, 0.1) is 12.7 Å². The number of urea groups is 1. The molecule has 0 radical (unpaired) electrons. The van der Waals surface area contributed by atoms with Gasteiger partial charge in [-0.1, -0.05) is 29.3 Å². The molecule has 0 aliphatic rings. The molecule has 2 amide bonds. The first kappa shape index (κ1) is 23.5. The highest BCUT2D eigenvalue weighted by Gasteiger charge is 2.17. The molecule has 0 fully saturated rings. The topological polar surface area (TPSA) is 101 Å². The molecule has 0 atom stereocenters. The SMILES string of the molecule is CNc1ncc2cc(-c3cc(NC(=O)Nc4cccc(Cl)c4Cl)c(F)cc3C)c(=O)n(C)c2n1. The Bertz CT molecular complexity index is 1510. The summed E-state index contributed by atoms with van der Waals surface area (Å²) in [7, 11) is 3.28. The monoisotopic (exact) mass is 500 g/mol. The molecular weight excluding hydrogens is 482 g/mol. The van der Waals surface area contributed by atoms with Gasteiger partial charge in [-0.2, -0.15) is 4.98 Å². The van der Waals surface area contributed by atoms with Crippen LogP contribution in [-0.4, -0.2) is 27.6 Å². The molecule has 0 saturated heterocycles. The van der Waals surface area contributed by atoms with E-state index in [-0.39, 0.29) is 27.0 Å². The highest BCUT2D eigenvalue weighted by molar-refractivity contribution is 6.44. The molecule has 4 rings (SSSR count). The maximum absolute atomic E-state index is 14.7. The van der Waals surface area contributed by atoms with Crippen molar-refractivity contribution >= 4 is 57.6 Å². The molecule has 0 saturated carbocycles. The number of amides is 2. The van der Waals surface area contributed by atoms with Gasteiger partial charge in [-0.05, 0) is 48.4 Å². The lowest BCUT2D eigenvalue weighted by Crippen LogP contribution is -2.22. The molecular formula is C23H19Cl2FN6O2. The zero-order valence-electron chi connectivity index (χ0n) is 18.3. The van der Waals surface area contributed by atoms with Crippen molar-refractivity contribution in [1.82, 2.24) is 14.5 Å². The smallest absolute Gasteiger partial charge is 0.323 e. The second-order valence-electron chi connectivity index (χ2n) is 7.47. The Hall–Kier alpha value is -3.69. The first-order valence-corrected chi connectivity index (χ1v) is 10.8. The number of aryl methyl sites for hydroxylation is 2. The van der Waals surface area contributed by atoms with Crippen molar-refractivity contribution < 1.29 is 9.18 Å². The summed E-state index contributed by atoms with van der Waals surface area (Å²) in [6, 6.07) is 8.34. The van der Waals surface area contributed by atoms with E-state index in [1.165, 1.54) is 16.7 Å². The molecule has 11 heteroatoms. The number of hydrogen-bond acceptors (Lipinski definition) is 5. The fourth-order valence-electron chi connectivity index (χ4n) is 3.50. The lowest BCUT2D eigenvalue weighted by Gasteiger charge is -2.14. The molecule has 2 aromatic carbocycles. The standard InChI is InChI=1S/C23H19Cl2FN6O2/c1-11-7-16(26)18(30-23(34)29-17-6-4-5-15(24)19(17)25)9-13(11)14-8-12-10-28-22(27-2)31-20(12)32(3)21(14)33/h4-10H,1-3H3,(H,27,28,31)(H2,29,30,34). The van der Waals surface area contributed by atoms with Gasteiger partial charge >= 0.3 is 6.03 Å². The van der Waals surface area contributed by atoms with E-state index in [1.54, 1.807) is 51.5 Å². The Morgan fingerprint density at radius 3 is 2.56 bits per heavy atom. The molecule has 0 unspecified atom stereocenters. The Morgan fingerprint density at radius 2 is 1.82 bits per heavy atom. The van der Waals surface area contributed by atoms with Gasteiger partial charge in [0.1, 0.15) is 11.5 Å². The van der Waals surface area contributed by atoms with Crippen molar-refractivity contribution in [3.63, 3.8) is 0 Å². The minimum absolute atomic E-state index is 0.111. The summed E-state index contributed by atoms with van der Waals surface area (Å²) >= 11 is 12.1. The van der Waals surface area contributed by atoms with Crippen molar-refractivity contribution in [2.45, 2.75) is 6.92 Å². The van der Waals surface area contributed by atoms with E-state index in [2.05, 4.69) is 25.9 Å². The van der Waals surface area contributed by atoms with Crippen LogP contribution < -0.4 is 21.5 Å². The third-order valence-corrected chi connectivity index (χ3v) is 6.04. The van der Waals surface area contributed by atoms with Crippen LogP contribution in [0.25, 0.3) is 22.2 Å². The summed E-state index contributed by atoms with van der Waals surface area (Å²) in [5, 5.41) is 8.88. The van der Waals surface area contributed by atoms with Crippen molar-refractivity contribution in [3.05, 3.63) is 74.4 Å². The summed E-state index contributed by atoms with van der Waals surface area (Å²) in [6.07, 6.45) is 1.59. The normalized spacial score (nSPS) is 10.9. The van der Waals surface area contributed by atoms with Crippen LogP contribution in [0.4, 0.5) is 26.5 Å². The van der Waals surface area contributed by atoms with Gasteiger partial charge in [0.15, 0.2) is 0 Å². The van der Waals surface area contributed by atoms with Gasteiger partial charge in [-0.25, -0.2) is 14.2 Å². The largest absolute Gasteiger partial charge is 0.357 e. The number of rotatable bonds is 4. The predicted molar refractivity (Wildman–Crippen MR) is 134 cm³/mol. The molecule has 4 aromatic rings. The fraction of sp³-hybridized carbons (Fsp3) is 0.130.